The molecule has 0 spiro atoms. The number of anilines is 1. The van der Waals surface area contributed by atoms with Gasteiger partial charge in [-0.3, -0.25) is 4.79 Å². The molecule has 1 N–H and O–H groups in total. The van der Waals surface area contributed by atoms with E-state index in [4.69, 9.17) is 9.26 Å². The normalized spacial score (nSPS) is 10.8. The van der Waals surface area contributed by atoms with Gasteiger partial charge in [-0.1, -0.05) is 53.7 Å². The molecule has 3 aromatic carbocycles. The van der Waals surface area contributed by atoms with Crippen LogP contribution in [0.1, 0.15) is 34.6 Å². The van der Waals surface area contributed by atoms with E-state index in [0.29, 0.717) is 41.7 Å². The summed E-state index contributed by atoms with van der Waals surface area (Å²) in [7, 11) is 0. The lowest BCUT2D eigenvalue weighted by Crippen LogP contribution is -2.15. The first-order valence-corrected chi connectivity index (χ1v) is 9.48. The van der Waals surface area contributed by atoms with Crippen LogP contribution in [-0.4, -0.2) is 22.7 Å². The Labute approximate surface area is 168 Å². The van der Waals surface area contributed by atoms with Crippen molar-refractivity contribution < 1.29 is 14.1 Å². The number of aromatic nitrogens is 2. The number of nitrogens with zero attached hydrogens (tertiary/aromatic N) is 2. The van der Waals surface area contributed by atoms with Gasteiger partial charge in [0.05, 0.1) is 18.6 Å². The van der Waals surface area contributed by atoms with Crippen molar-refractivity contribution in [2.24, 2.45) is 0 Å². The van der Waals surface area contributed by atoms with Crippen LogP contribution in [-0.2, 0) is 6.42 Å². The molecule has 0 aliphatic heterocycles. The van der Waals surface area contributed by atoms with Crippen LogP contribution < -0.4 is 10.1 Å². The van der Waals surface area contributed by atoms with Gasteiger partial charge in [-0.2, -0.15) is 4.98 Å². The van der Waals surface area contributed by atoms with Crippen molar-refractivity contribution in [2.45, 2.75) is 20.3 Å². The summed E-state index contributed by atoms with van der Waals surface area (Å²) in [5, 5.41) is 8.69. The second-order valence-electron chi connectivity index (χ2n) is 6.62. The number of benzene rings is 3. The molecule has 0 saturated heterocycles. The summed E-state index contributed by atoms with van der Waals surface area (Å²) in [4.78, 5) is 17.5. The second kappa shape index (κ2) is 8.14. The van der Waals surface area contributed by atoms with Gasteiger partial charge in [0.15, 0.2) is 5.82 Å². The van der Waals surface area contributed by atoms with E-state index in [9.17, 15) is 4.79 Å². The maximum Gasteiger partial charge on any atom is 0.260 e. The van der Waals surface area contributed by atoms with Crippen LogP contribution in [0, 0.1) is 6.92 Å². The number of hydrogen-bond donors (Lipinski definition) is 1. The lowest BCUT2D eigenvalue weighted by atomic mass is 10.0. The largest absolute Gasteiger partial charge is 0.493 e. The summed E-state index contributed by atoms with van der Waals surface area (Å²) in [5.41, 5.74) is 2.11. The molecular weight excluding hydrogens is 366 g/mol. The minimum Gasteiger partial charge on any atom is -0.493 e. The highest BCUT2D eigenvalue weighted by atomic mass is 16.5. The van der Waals surface area contributed by atoms with E-state index in [2.05, 4.69) is 15.5 Å². The van der Waals surface area contributed by atoms with E-state index in [-0.39, 0.29) is 5.91 Å². The Morgan fingerprint density at radius 1 is 1.07 bits per heavy atom. The maximum atomic E-state index is 13.3. The average Bonchev–Trinajstić information content (AvgIpc) is 3.14. The van der Waals surface area contributed by atoms with Crippen LogP contribution in [0.3, 0.4) is 0 Å². The van der Waals surface area contributed by atoms with Crippen LogP contribution in [0.4, 0.5) is 5.69 Å². The Morgan fingerprint density at radius 3 is 2.66 bits per heavy atom. The summed E-state index contributed by atoms with van der Waals surface area (Å²) in [6, 6.07) is 19.2. The zero-order chi connectivity index (χ0) is 20.2. The molecule has 146 valence electrons. The van der Waals surface area contributed by atoms with E-state index in [1.54, 1.807) is 6.92 Å². The Hall–Kier alpha value is -3.67. The Bertz CT molecular complexity index is 1170. The van der Waals surface area contributed by atoms with Crippen molar-refractivity contribution in [3.8, 4) is 5.75 Å². The van der Waals surface area contributed by atoms with E-state index < -0.39 is 0 Å². The molecule has 29 heavy (non-hydrogen) atoms. The molecule has 0 unspecified atom stereocenters. The number of carbonyl (C=O) groups excluding carboxylic acids is 1. The molecule has 6 heteroatoms. The van der Waals surface area contributed by atoms with E-state index in [0.717, 1.165) is 16.3 Å². The maximum absolute atomic E-state index is 13.3. The third-order valence-corrected chi connectivity index (χ3v) is 4.59. The molecule has 6 nitrogen and oxygen atoms in total. The zero-order valence-electron chi connectivity index (χ0n) is 16.3. The lowest BCUT2D eigenvalue weighted by Gasteiger charge is -2.15. The molecule has 0 bridgehead atoms. The fourth-order valence-electron chi connectivity index (χ4n) is 3.32. The molecule has 1 amide bonds. The van der Waals surface area contributed by atoms with E-state index >= 15 is 0 Å². The summed E-state index contributed by atoms with van der Waals surface area (Å²) in [5.74, 6) is 1.43. The van der Waals surface area contributed by atoms with Crippen LogP contribution >= 0.6 is 0 Å². The van der Waals surface area contributed by atoms with Gasteiger partial charge in [-0.15, -0.1) is 0 Å². The summed E-state index contributed by atoms with van der Waals surface area (Å²) in [6.07, 6.45) is 0.436. The summed E-state index contributed by atoms with van der Waals surface area (Å²) >= 11 is 0. The number of carbonyl (C=O) groups is 1. The highest BCUT2D eigenvalue weighted by molar-refractivity contribution is 6.15. The van der Waals surface area contributed by atoms with E-state index in [1.807, 2.05) is 67.6 Å². The van der Waals surface area contributed by atoms with Gasteiger partial charge in [0, 0.05) is 5.69 Å². The van der Waals surface area contributed by atoms with Gasteiger partial charge < -0.3 is 14.6 Å². The van der Waals surface area contributed by atoms with Gasteiger partial charge in [-0.25, -0.2) is 0 Å². The minimum absolute atomic E-state index is 0.223. The third-order valence-electron chi connectivity index (χ3n) is 4.59. The number of nitrogens with one attached hydrogen (secondary N) is 1. The standard InChI is InChI=1S/C23H21N3O3/c1-3-28-20-13-12-16-8-4-6-10-18(16)22(20)23(27)25-19-11-7-5-9-17(19)14-21-24-15(2)26-29-21/h4-13H,3,14H2,1-2H3,(H,25,27). The van der Waals surface area contributed by atoms with E-state index in [1.165, 1.54) is 0 Å². The highest BCUT2D eigenvalue weighted by Crippen LogP contribution is 2.30. The van der Waals surface area contributed by atoms with Crippen LogP contribution in [0.25, 0.3) is 10.8 Å². The topological polar surface area (TPSA) is 77.2 Å². The third kappa shape index (κ3) is 3.96. The smallest absolute Gasteiger partial charge is 0.260 e. The molecule has 0 aliphatic carbocycles. The number of rotatable bonds is 6. The number of para-hydroxylation sites is 1. The molecule has 1 heterocycles. The predicted octanol–water partition coefficient (Wildman–Crippen LogP) is 4.77. The van der Waals surface area contributed by atoms with Gasteiger partial charge in [0.25, 0.3) is 5.91 Å². The Morgan fingerprint density at radius 2 is 1.86 bits per heavy atom. The first kappa shape index (κ1) is 18.7. The molecule has 0 aliphatic rings. The van der Waals surface area contributed by atoms with Crippen LogP contribution in [0.15, 0.2) is 65.2 Å². The van der Waals surface area contributed by atoms with Crippen LogP contribution in [0.5, 0.6) is 5.75 Å². The zero-order valence-corrected chi connectivity index (χ0v) is 16.3. The lowest BCUT2D eigenvalue weighted by molar-refractivity contribution is 0.102. The predicted molar refractivity (Wildman–Crippen MR) is 111 cm³/mol. The molecule has 0 atom stereocenters. The fourth-order valence-corrected chi connectivity index (χ4v) is 3.32. The van der Waals surface area contributed by atoms with Crippen molar-refractivity contribution in [3.05, 3.63) is 83.5 Å². The molecule has 0 fully saturated rings. The summed E-state index contributed by atoms with van der Waals surface area (Å²) < 4.78 is 11.0. The first-order valence-electron chi connectivity index (χ1n) is 9.48. The fraction of sp³-hybridized carbons (Fsp3) is 0.174. The highest BCUT2D eigenvalue weighted by Gasteiger charge is 2.18. The summed E-state index contributed by atoms with van der Waals surface area (Å²) in [6.45, 7) is 4.15. The molecular formula is C23H21N3O3. The molecule has 0 radical (unpaired) electrons. The van der Waals surface area contributed by atoms with Crippen molar-refractivity contribution >= 4 is 22.4 Å². The second-order valence-corrected chi connectivity index (χ2v) is 6.62. The van der Waals surface area contributed by atoms with Crippen molar-refractivity contribution in [2.75, 3.05) is 11.9 Å². The quantitative estimate of drug-likeness (QED) is 0.515. The Kier molecular flexibility index (Phi) is 5.24. The molecule has 4 aromatic rings. The Balaban J connectivity index is 1.69. The van der Waals surface area contributed by atoms with Gasteiger partial charge in [0.1, 0.15) is 5.75 Å². The number of fused-ring (bicyclic) bond motifs is 1. The minimum atomic E-state index is -0.223. The number of amides is 1. The van der Waals surface area contributed by atoms with Crippen LogP contribution in [0.2, 0.25) is 0 Å². The average molecular weight is 387 g/mol. The van der Waals surface area contributed by atoms with Crippen molar-refractivity contribution in [3.63, 3.8) is 0 Å². The van der Waals surface area contributed by atoms with Gasteiger partial charge in [-0.05, 0) is 42.3 Å². The molecule has 1 aromatic heterocycles. The van der Waals surface area contributed by atoms with Gasteiger partial charge in [0.2, 0.25) is 5.89 Å². The number of hydrogen-bond acceptors (Lipinski definition) is 5. The monoisotopic (exact) mass is 387 g/mol. The van der Waals surface area contributed by atoms with Crippen molar-refractivity contribution in [1.82, 2.24) is 10.1 Å². The number of aryl methyl sites for hydroxylation is 1. The van der Waals surface area contributed by atoms with Gasteiger partial charge >= 0.3 is 0 Å². The molecule has 4 rings (SSSR count). The molecule has 0 saturated carbocycles. The first-order chi connectivity index (χ1) is 14.2. The number of ether oxygens (including phenoxy) is 1. The van der Waals surface area contributed by atoms with Crippen molar-refractivity contribution in [1.29, 1.82) is 0 Å². The SMILES string of the molecule is CCOc1ccc2ccccc2c1C(=O)Nc1ccccc1Cc1nc(C)no1.